The lowest BCUT2D eigenvalue weighted by Gasteiger charge is -2.31. The van der Waals surface area contributed by atoms with E-state index in [0.29, 0.717) is 38.9 Å². The Balaban J connectivity index is 1.54. The second-order valence-electron chi connectivity index (χ2n) is 6.85. The van der Waals surface area contributed by atoms with Crippen LogP contribution in [-0.4, -0.2) is 48.4 Å². The molecule has 1 aromatic rings. The third kappa shape index (κ3) is 3.92. The fraction of sp³-hybridized carbons (Fsp3) is 0.500. The van der Waals surface area contributed by atoms with Gasteiger partial charge in [0.05, 0.1) is 6.04 Å². The first-order chi connectivity index (χ1) is 11.9. The minimum Gasteiger partial charge on any atom is -0.369 e. The van der Waals surface area contributed by atoms with Crippen molar-refractivity contribution >= 4 is 23.5 Å². The van der Waals surface area contributed by atoms with E-state index in [1.54, 1.807) is 9.80 Å². The molecule has 2 saturated heterocycles. The largest absolute Gasteiger partial charge is 0.369 e. The van der Waals surface area contributed by atoms with Crippen molar-refractivity contribution in [2.24, 2.45) is 11.7 Å². The van der Waals surface area contributed by atoms with Crippen LogP contribution < -0.4 is 16.0 Å². The lowest BCUT2D eigenvalue weighted by molar-refractivity contribution is -0.123. The normalized spacial score (nSPS) is 21.5. The summed E-state index contributed by atoms with van der Waals surface area (Å²) < 4.78 is 0. The van der Waals surface area contributed by atoms with Crippen LogP contribution in [0.2, 0.25) is 0 Å². The molecule has 3 rings (SSSR count). The summed E-state index contributed by atoms with van der Waals surface area (Å²) >= 11 is 0. The molecule has 2 heterocycles. The first-order valence-electron chi connectivity index (χ1n) is 8.66. The number of nitrogens with zero attached hydrogens (tertiary/aromatic N) is 2. The Labute approximate surface area is 147 Å². The number of nitrogens with two attached hydrogens (primary N) is 1. The number of rotatable bonds is 3. The molecule has 3 N–H and O–H groups in total. The summed E-state index contributed by atoms with van der Waals surface area (Å²) in [6.07, 6.45) is 1.50. The minimum absolute atomic E-state index is 0.0154. The summed E-state index contributed by atoms with van der Waals surface area (Å²) in [5, 5.41) is 2.94. The number of nitrogens with one attached hydrogen (secondary N) is 1. The van der Waals surface area contributed by atoms with Crippen LogP contribution in [-0.2, 0) is 9.59 Å². The van der Waals surface area contributed by atoms with Crippen LogP contribution in [0.4, 0.5) is 10.5 Å². The molecule has 0 bridgehead atoms. The molecule has 25 heavy (non-hydrogen) atoms. The third-order valence-electron chi connectivity index (χ3n) is 4.98. The molecule has 2 aliphatic rings. The van der Waals surface area contributed by atoms with E-state index in [4.69, 9.17) is 5.73 Å². The van der Waals surface area contributed by atoms with Gasteiger partial charge >= 0.3 is 6.03 Å². The van der Waals surface area contributed by atoms with E-state index >= 15 is 0 Å². The Morgan fingerprint density at radius 1 is 1.16 bits per heavy atom. The predicted molar refractivity (Wildman–Crippen MR) is 94.0 cm³/mol. The number of anilines is 1. The van der Waals surface area contributed by atoms with E-state index in [9.17, 15) is 14.4 Å². The van der Waals surface area contributed by atoms with Crippen molar-refractivity contribution in [2.75, 3.05) is 24.5 Å². The van der Waals surface area contributed by atoms with Crippen molar-refractivity contribution in [1.82, 2.24) is 10.2 Å². The molecule has 1 aromatic carbocycles. The molecule has 7 heteroatoms. The van der Waals surface area contributed by atoms with Gasteiger partial charge < -0.3 is 20.9 Å². The van der Waals surface area contributed by atoms with Crippen molar-refractivity contribution in [3.05, 3.63) is 29.8 Å². The van der Waals surface area contributed by atoms with E-state index in [1.165, 1.54) is 0 Å². The Morgan fingerprint density at radius 3 is 2.40 bits per heavy atom. The van der Waals surface area contributed by atoms with E-state index in [1.807, 2.05) is 31.2 Å². The fourth-order valence-electron chi connectivity index (χ4n) is 3.41. The summed E-state index contributed by atoms with van der Waals surface area (Å²) in [6.45, 7) is 3.51. The molecule has 2 aliphatic heterocycles. The molecule has 2 fully saturated rings. The number of aryl methyl sites for hydroxylation is 1. The standard InChI is InChI=1S/C18H24N4O3/c1-12-2-4-15(5-3-12)22-11-14(10-16(22)23)20-18(25)21-8-6-13(7-9-21)17(19)24/h2-5,13-14H,6-11H2,1H3,(H2,19,24)(H,20,25). The predicted octanol–water partition coefficient (Wildman–Crippen LogP) is 1.01. The van der Waals surface area contributed by atoms with Crippen LogP contribution >= 0.6 is 0 Å². The molecule has 1 unspecified atom stereocenters. The van der Waals surface area contributed by atoms with E-state index in [-0.39, 0.29) is 29.8 Å². The zero-order chi connectivity index (χ0) is 18.0. The van der Waals surface area contributed by atoms with Crippen LogP contribution in [0.3, 0.4) is 0 Å². The lowest BCUT2D eigenvalue weighted by Crippen LogP contribution is -2.49. The molecule has 0 radical (unpaired) electrons. The summed E-state index contributed by atoms with van der Waals surface area (Å²) in [5.41, 5.74) is 7.31. The van der Waals surface area contributed by atoms with Crippen molar-refractivity contribution in [1.29, 1.82) is 0 Å². The molecule has 1 atom stereocenters. The zero-order valence-corrected chi connectivity index (χ0v) is 14.4. The monoisotopic (exact) mass is 344 g/mol. The van der Waals surface area contributed by atoms with Gasteiger partial charge in [-0.3, -0.25) is 9.59 Å². The van der Waals surface area contributed by atoms with Crippen molar-refractivity contribution in [2.45, 2.75) is 32.2 Å². The Morgan fingerprint density at radius 2 is 1.80 bits per heavy atom. The smallest absolute Gasteiger partial charge is 0.317 e. The second-order valence-corrected chi connectivity index (χ2v) is 6.85. The average molecular weight is 344 g/mol. The molecular weight excluding hydrogens is 320 g/mol. The van der Waals surface area contributed by atoms with Crippen LogP contribution in [0.1, 0.15) is 24.8 Å². The quantitative estimate of drug-likeness (QED) is 0.856. The highest BCUT2D eigenvalue weighted by Gasteiger charge is 2.33. The van der Waals surface area contributed by atoms with E-state index in [2.05, 4.69) is 5.32 Å². The van der Waals surface area contributed by atoms with Gasteiger partial charge in [-0.25, -0.2) is 4.79 Å². The third-order valence-corrected chi connectivity index (χ3v) is 4.98. The highest BCUT2D eigenvalue weighted by Crippen LogP contribution is 2.22. The lowest BCUT2D eigenvalue weighted by atomic mass is 9.96. The summed E-state index contributed by atoms with van der Waals surface area (Å²) in [6, 6.07) is 7.41. The summed E-state index contributed by atoms with van der Waals surface area (Å²) in [5.74, 6) is -0.425. The summed E-state index contributed by atoms with van der Waals surface area (Å²) in [7, 11) is 0. The molecule has 0 spiro atoms. The van der Waals surface area contributed by atoms with Crippen molar-refractivity contribution in [3.63, 3.8) is 0 Å². The van der Waals surface area contributed by atoms with Crippen LogP contribution in [0.5, 0.6) is 0 Å². The maximum absolute atomic E-state index is 12.4. The Bertz CT molecular complexity index is 665. The number of benzene rings is 1. The highest BCUT2D eigenvalue weighted by atomic mass is 16.2. The van der Waals surface area contributed by atoms with Crippen molar-refractivity contribution in [3.8, 4) is 0 Å². The van der Waals surface area contributed by atoms with Gasteiger partial charge in [-0.2, -0.15) is 0 Å². The molecular formula is C18H24N4O3. The van der Waals surface area contributed by atoms with Gasteiger partial charge in [0.1, 0.15) is 0 Å². The highest BCUT2D eigenvalue weighted by molar-refractivity contribution is 5.96. The SMILES string of the molecule is Cc1ccc(N2CC(NC(=O)N3CCC(C(N)=O)CC3)CC2=O)cc1. The number of hydrogen-bond acceptors (Lipinski definition) is 3. The van der Waals surface area contributed by atoms with Gasteiger partial charge in [0.2, 0.25) is 11.8 Å². The van der Waals surface area contributed by atoms with Gasteiger partial charge in [-0.15, -0.1) is 0 Å². The van der Waals surface area contributed by atoms with Gasteiger partial charge in [0, 0.05) is 37.7 Å². The summed E-state index contributed by atoms with van der Waals surface area (Å²) in [4.78, 5) is 39.3. The second kappa shape index (κ2) is 7.13. The number of carbonyl (C=O) groups is 3. The first kappa shape index (κ1) is 17.3. The topological polar surface area (TPSA) is 95.7 Å². The molecule has 4 amide bonds. The first-order valence-corrected chi connectivity index (χ1v) is 8.66. The number of urea groups is 1. The average Bonchev–Trinajstić information content (AvgIpc) is 2.96. The van der Waals surface area contributed by atoms with Crippen LogP contribution in [0.25, 0.3) is 0 Å². The van der Waals surface area contributed by atoms with Gasteiger partial charge in [0.25, 0.3) is 0 Å². The zero-order valence-electron chi connectivity index (χ0n) is 14.4. The molecule has 7 nitrogen and oxygen atoms in total. The number of piperidine rings is 1. The van der Waals surface area contributed by atoms with Gasteiger partial charge in [-0.05, 0) is 31.9 Å². The Kier molecular flexibility index (Phi) is 4.92. The van der Waals surface area contributed by atoms with Gasteiger partial charge in [0.15, 0.2) is 0 Å². The maximum atomic E-state index is 12.4. The van der Waals surface area contributed by atoms with Gasteiger partial charge in [-0.1, -0.05) is 17.7 Å². The minimum atomic E-state index is -0.296. The van der Waals surface area contributed by atoms with E-state index < -0.39 is 0 Å². The number of carbonyl (C=O) groups excluding carboxylic acids is 3. The number of amides is 4. The van der Waals surface area contributed by atoms with Crippen LogP contribution in [0, 0.1) is 12.8 Å². The molecule has 134 valence electrons. The maximum Gasteiger partial charge on any atom is 0.317 e. The fourth-order valence-corrected chi connectivity index (χ4v) is 3.41. The molecule has 0 aromatic heterocycles. The van der Waals surface area contributed by atoms with E-state index in [0.717, 1.165) is 11.3 Å². The number of likely N-dealkylation sites (tertiary alicyclic amines) is 1. The number of primary amides is 1. The van der Waals surface area contributed by atoms with Crippen molar-refractivity contribution < 1.29 is 14.4 Å². The molecule has 0 saturated carbocycles. The Hall–Kier alpha value is -2.57. The number of hydrogen-bond donors (Lipinski definition) is 2. The van der Waals surface area contributed by atoms with Crippen LogP contribution in [0.15, 0.2) is 24.3 Å². The molecule has 0 aliphatic carbocycles.